The molecule has 2 atom stereocenters. The molecule has 0 aromatic heterocycles. The van der Waals surface area contributed by atoms with E-state index in [1.807, 2.05) is 0 Å². The lowest BCUT2D eigenvalue weighted by Crippen LogP contribution is -2.33. The van der Waals surface area contributed by atoms with Gasteiger partial charge in [-0.05, 0) is 6.92 Å². The van der Waals surface area contributed by atoms with E-state index in [0.717, 1.165) is 0 Å². The minimum Gasteiger partial charge on any atom is -0.465 e. The van der Waals surface area contributed by atoms with Crippen LogP contribution in [0, 0.1) is 0 Å². The molecule has 1 saturated heterocycles. The summed E-state index contributed by atoms with van der Waals surface area (Å²) < 4.78 is 9.72. The molecule has 0 amide bonds. The van der Waals surface area contributed by atoms with E-state index in [9.17, 15) is 9.59 Å². The number of carbonyl (C=O) groups is 2. The molecule has 0 aliphatic carbocycles. The molecule has 0 bridgehead atoms. The van der Waals surface area contributed by atoms with Gasteiger partial charge in [-0.15, -0.1) is 0 Å². The first-order chi connectivity index (χ1) is 7.54. The summed E-state index contributed by atoms with van der Waals surface area (Å²) in [6, 6.07) is -0.416. The Bertz CT molecular complexity index is 268. The van der Waals surface area contributed by atoms with Crippen LogP contribution in [0.5, 0.6) is 0 Å². The third-order valence-corrected chi connectivity index (χ3v) is 2.27. The molecule has 0 saturated carbocycles. The number of hydrogen-bond donors (Lipinski definition) is 0. The highest BCUT2D eigenvalue weighted by Gasteiger charge is 2.37. The fourth-order valence-electron chi connectivity index (χ4n) is 1.54. The topological polar surface area (TPSA) is 65.1 Å². The zero-order valence-corrected chi connectivity index (χ0v) is 9.76. The Morgan fingerprint density at radius 1 is 1.44 bits per heavy atom. The van der Waals surface area contributed by atoms with Crippen LogP contribution < -0.4 is 0 Å². The van der Waals surface area contributed by atoms with Crippen molar-refractivity contribution in [1.29, 1.82) is 0 Å². The van der Waals surface area contributed by atoms with Crippen LogP contribution in [0.2, 0.25) is 0 Å². The second-order valence-electron chi connectivity index (χ2n) is 3.58. The predicted molar refractivity (Wildman–Crippen MR) is 54.3 cm³/mol. The number of esters is 2. The summed E-state index contributed by atoms with van der Waals surface area (Å²) >= 11 is 0. The molecule has 0 aromatic rings. The molecule has 1 aliphatic rings. The summed E-state index contributed by atoms with van der Waals surface area (Å²) in [6.45, 7) is 3.60. The van der Waals surface area contributed by atoms with Gasteiger partial charge in [0.25, 0.3) is 0 Å². The van der Waals surface area contributed by atoms with E-state index in [-0.39, 0.29) is 24.6 Å². The first kappa shape index (κ1) is 12.9. The smallest absolute Gasteiger partial charge is 0.325 e. The van der Waals surface area contributed by atoms with Crippen molar-refractivity contribution in [3.8, 4) is 0 Å². The maximum absolute atomic E-state index is 11.5. The minimum absolute atomic E-state index is 0.162. The number of likely N-dealkylation sites (N-methyl/N-ethyl adjacent to an activating group) is 1. The van der Waals surface area contributed by atoms with Crippen molar-refractivity contribution in [2.75, 3.05) is 20.3 Å². The van der Waals surface area contributed by atoms with Crippen LogP contribution in [0.4, 0.5) is 0 Å². The molecule has 92 valence electrons. The number of ether oxygens (including phenoxy) is 2. The maximum Gasteiger partial charge on any atom is 0.325 e. The summed E-state index contributed by atoms with van der Waals surface area (Å²) in [5.74, 6) is -0.666. The maximum atomic E-state index is 11.5. The fourth-order valence-corrected chi connectivity index (χ4v) is 1.54. The second-order valence-corrected chi connectivity index (χ2v) is 3.58. The average molecular weight is 231 g/mol. The largest absolute Gasteiger partial charge is 0.465 e. The van der Waals surface area contributed by atoms with Crippen LogP contribution in [-0.2, 0) is 23.9 Å². The van der Waals surface area contributed by atoms with Gasteiger partial charge in [-0.2, -0.15) is 5.06 Å². The van der Waals surface area contributed by atoms with Gasteiger partial charge in [0.15, 0.2) is 0 Å². The summed E-state index contributed by atoms with van der Waals surface area (Å²) in [5.41, 5.74) is 0. The molecule has 0 radical (unpaired) electrons. The summed E-state index contributed by atoms with van der Waals surface area (Å²) in [4.78, 5) is 27.5. The highest BCUT2D eigenvalue weighted by Crippen LogP contribution is 2.20. The van der Waals surface area contributed by atoms with Gasteiger partial charge >= 0.3 is 11.9 Å². The number of nitrogens with zero attached hydrogens (tertiary/aromatic N) is 1. The summed E-state index contributed by atoms with van der Waals surface area (Å²) in [7, 11) is 1.66. The Balaban J connectivity index is 2.40. The van der Waals surface area contributed by atoms with E-state index in [1.165, 1.54) is 12.0 Å². The molecule has 1 rings (SSSR count). The Morgan fingerprint density at radius 3 is 2.69 bits per heavy atom. The number of rotatable bonds is 4. The minimum atomic E-state index is -0.416. The van der Waals surface area contributed by atoms with Gasteiger partial charge in [-0.1, -0.05) is 0 Å². The first-order valence-electron chi connectivity index (χ1n) is 5.24. The standard InChI is InChI=1S/C10H17NO5/c1-4-14-10(13)9-5-8(16-11(9)3)6-15-7(2)12/h8-9H,4-6H2,1-3H3/t8-,9-/m1/s1. The molecule has 0 aromatic carbocycles. The molecule has 6 nitrogen and oxygen atoms in total. The van der Waals surface area contributed by atoms with E-state index in [1.54, 1.807) is 14.0 Å². The van der Waals surface area contributed by atoms with E-state index >= 15 is 0 Å². The normalized spacial score (nSPS) is 25.4. The van der Waals surface area contributed by atoms with Crippen molar-refractivity contribution >= 4 is 11.9 Å². The Kier molecular flexibility index (Phi) is 4.70. The molecule has 1 aliphatic heterocycles. The van der Waals surface area contributed by atoms with Crippen LogP contribution in [0.15, 0.2) is 0 Å². The van der Waals surface area contributed by atoms with E-state index < -0.39 is 6.04 Å². The lowest BCUT2D eigenvalue weighted by atomic mass is 10.1. The molecular weight excluding hydrogens is 214 g/mol. The highest BCUT2D eigenvalue weighted by atomic mass is 16.7. The van der Waals surface area contributed by atoms with Crippen molar-refractivity contribution in [2.24, 2.45) is 0 Å². The molecular formula is C10H17NO5. The molecule has 1 heterocycles. The van der Waals surface area contributed by atoms with E-state index in [2.05, 4.69) is 0 Å². The van der Waals surface area contributed by atoms with Gasteiger partial charge in [0.05, 0.1) is 6.61 Å². The predicted octanol–water partition coefficient (Wildman–Crippen LogP) is 0.117. The molecule has 0 N–H and O–H groups in total. The van der Waals surface area contributed by atoms with Crippen molar-refractivity contribution in [3.63, 3.8) is 0 Å². The molecule has 16 heavy (non-hydrogen) atoms. The number of hydrogen-bond acceptors (Lipinski definition) is 6. The van der Waals surface area contributed by atoms with Crippen molar-refractivity contribution in [1.82, 2.24) is 5.06 Å². The monoisotopic (exact) mass is 231 g/mol. The van der Waals surface area contributed by atoms with E-state index in [0.29, 0.717) is 13.0 Å². The fraction of sp³-hybridized carbons (Fsp3) is 0.800. The van der Waals surface area contributed by atoms with Crippen LogP contribution >= 0.6 is 0 Å². The van der Waals surface area contributed by atoms with Crippen molar-refractivity contribution in [2.45, 2.75) is 32.4 Å². The Morgan fingerprint density at radius 2 is 2.12 bits per heavy atom. The zero-order chi connectivity index (χ0) is 12.1. The van der Waals surface area contributed by atoms with Crippen LogP contribution in [0.3, 0.4) is 0 Å². The summed E-state index contributed by atoms with van der Waals surface area (Å²) in [5, 5.41) is 1.45. The third kappa shape index (κ3) is 3.46. The number of carbonyl (C=O) groups excluding carboxylic acids is 2. The van der Waals surface area contributed by atoms with Gasteiger partial charge in [-0.25, -0.2) is 0 Å². The molecule has 0 spiro atoms. The average Bonchev–Trinajstić information content (AvgIpc) is 2.57. The molecule has 6 heteroatoms. The van der Waals surface area contributed by atoms with Gasteiger partial charge < -0.3 is 9.47 Å². The zero-order valence-electron chi connectivity index (χ0n) is 9.76. The van der Waals surface area contributed by atoms with E-state index in [4.69, 9.17) is 14.3 Å². The van der Waals surface area contributed by atoms with Crippen LogP contribution in [-0.4, -0.2) is 49.4 Å². The molecule has 1 fully saturated rings. The van der Waals surface area contributed by atoms with Crippen LogP contribution in [0.25, 0.3) is 0 Å². The highest BCUT2D eigenvalue weighted by molar-refractivity contribution is 5.75. The Labute approximate surface area is 94.4 Å². The van der Waals surface area contributed by atoms with Gasteiger partial charge in [0.1, 0.15) is 18.8 Å². The second kappa shape index (κ2) is 5.81. The third-order valence-electron chi connectivity index (χ3n) is 2.27. The lowest BCUT2D eigenvalue weighted by Gasteiger charge is -2.15. The quantitative estimate of drug-likeness (QED) is 0.640. The van der Waals surface area contributed by atoms with Crippen molar-refractivity contribution < 1.29 is 23.9 Å². The van der Waals surface area contributed by atoms with Gasteiger partial charge in [0, 0.05) is 20.4 Å². The van der Waals surface area contributed by atoms with Gasteiger partial charge in [0.2, 0.25) is 0 Å². The van der Waals surface area contributed by atoms with Crippen LogP contribution in [0.1, 0.15) is 20.3 Å². The first-order valence-corrected chi connectivity index (χ1v) is 5.24. The number of hydroxylamine groups is 2. The summed E-state index contributed by atoms with van der Waals surface area (Å²) in [6.07, 6.45) is 0.200. The Hall–Kier alpha value is -1.14. The van der Waals surface area contributed by atoms with Crippen molar-refractivity contribution in [3.05, 3.63) is 0 Å². The lowest BCUT2D eigenvalue weighted by molar-refractivity contribution is -0.179. The SMILES string of the molecule is CCOC(=O)[C@H]1C[C@H](COC(C)=O)ON1C. The van der Waals surface area contributed by atoms with Gasteiger partial charge in [-0.3, -0.25) is 14.4 Å². The molecule has 0 unspecified atom stereocenters.